The van der Waals surface area contributed by atoms with Gasteiger partial charge in [-0.05, 0) is 18.2 Å². The van der Waals surface area contributed by atoms with Gasteiger partial charge in [0.25, 0.3) is 5.91 Å². The number of pyridine rings is 2. The van der Waals surface area contributed by atoms with E-state index in [2.05, 4.69) is 9.97 Å². The molecule has 1 saturated heterocycles. The van der Waals surface area contributed by atoms with Gasteiger partial charge in [0.15, 0.2) is 0 Å². The van der Waals surface area contributed by atoms with E-state index >= 15 is 0 Å². The van der Waals surface area contributed by atoms with Gasteiger partial charge in [-0.25, -0.2) is 9.97 Å². The third-order valence-electron chi connectivity index (χ3n) is 4.60. The van der Waals surface area contributed by atoms with Crippen molar-refractivity contribution in [3.8, 4) is 5.88 Å². The van der Waals surface area contributed by atoms with E-state index in [0.717, 1.165) is 29.2 Å². The Bertz CT molecular complexity index is 1020. The van der Waals surface area contributed by atoms with E-state index in [9.17, 15) is 18.0 Å². The molecule has 2 aromatic heterocycles. The summed E-state index contributed by atoms with van der Waals surface area (Å²) in [4.78, 5) is 22.5. The van der Waals surface area contributed by atoms with E-state index < -0.39 is 17.8 Å². The summed E-state index contributed by atoms with van der Waals surface area (Å²) in [6.45, 7) is 0.711. The average molecular weight is 387 g/mol. The van der Waals surface area contributed by atoms with Gasteiger partial charge in [-0.1, -0.05) is 24.3 Å². The first-order valence-corrected chi connectivity index (χ1v) is 8.75. The summed E-state index contributed by atoms with van der Waals surface area (Å²) in [7, 11) is 0. The molecule has 1 aromatic carbocycles. The second-order valence-corrected chi connectivity index (χ2v) is 6.55. The Labute approximate surface area is 158 Å². The smallest absolute Gasteiger partial charge is 0.416 e. The normalized spacial score (nSPS) is 17.1. The van der Waals surface area contributed by atoms with Crippen molar-refractivity contribution in [2.45, 2.75) is 18.7 Å². The molecule has 0 saturated carbocycles. The summed E-state index contributed by atoms with van der Waals surface area (Å²) in [5.41, 5.74) is 0.244. The monoisotopic (exact) mass is 387 g/mol. The molecule has 1 aliphatic heterocycles. The third kappa shape index (κ3) is 3.76. The lowest BCUT2D eigenvalue weighted by molar-refractivity contribution is -0.137. The number of hydrogen-bond donors (Lipinski definition) is 0. The Morgan fingerprint density at radius 1 is 1.14 bits per heavy atom. The van der Waals surface area contributed by atoms with E-state index in [4.69, 9.17) is 4.74 Å². The lowest BCUT2D eigenvalue weighted by Crippen LogP contribution is -2.31. The van der Waals surface area contributed by atoms with Gasteiger partial charge < -0.3 is 9.64 Å². The zero-order valence-corrected chi connectivity index (χ0v) is 14.7. The summed E-state index contributed by atoms with van der Waals surface area (Å²) < 4.78 is 44.0. The molecule has 0 bridgehead atoms. The Morgan fingerprint density at radius 3 is 2.79 bits per heavy atom. The van der Waals surface area contributed by atoms with Crippen LogP contribution in [0.2, 0.25) is 0 Å². The van der Waals surface area contributed by atoms with Gasteiger partial charge in [-0.3, -0.25) is 4.79 Å². The van der Waals surface area contributed by atoms with Crippen LogP contribution in [0.5, 0.6) is 5.88 Å². The molecule has 28 heavy (non-hydrogen) atoms. The maximum atomic E-state index is 12.8. The van der Waals surface area contributed by atoms with Gasteiger partial charge in [0.2, 0.25) is 5.88 Å². The molecular formula is C20H16F3N3O2. The molecule has 0 N–H and O–H groups in total. The van der Waals surface area contributed by atoms with E-state index in [1.165, 1.54) is 0 Å². The number of likely N-dealkylation sites (tertiary alicyclic amines) is 1. The number of amides is 1. The number of fused-ring (bicyclic) bond motifs is 1. The minimum atomic E-state index is -4.46. The van der Waals surface area contributed by atoms with Crippen molar-refractivity contribution in [3.05, 3.63) is 66.0 Å². The van der Waals surface area contributed by atoms with Gasteiger partial charge in [0.05, 0.1) is 17.6 Å². The van der Waals surface area contributed by atoms with Crippen molar-refractivity contribution in [2.24, 2.45) is 0 Å². The van der Waals surface area contributed by atoms with Crippen molar-refractivity contribution in [2.75, 3.05) is 13.1 Å². The summed E-state index contributed by atoms with van der Waals surface area (Å²) in [6, 6.07) is 12.8. The van der Waals surface area contributed by atoms with Crippen molar-refractivity contribution in [1.29, 1.82) is 0 Å². The molecule has 0 aliphatic carbocycles. The molecule has 0 spiro atoms. The van der Waals surface area contributed by atoms with Crippen molar-refractivity contribution in [1.82, 2.24) is 14.9 Å². The predicted molar refractivity (Wildman–Crippen MR) is 95.9 cm³/mol. The summed E-state index contributed by atoms with van der Waals surface area (Å²) in [6.07, 6.45) is -3.30. The standard InChI is InChI=1S/C20H16F3N3O2/c21-20(22,23)14-7-9-24-18(11-14)28-15-8-10-26(12-15)19(27)17-6-5-13-3-1-2-4-16(13)25-17/h1-7,9,11,15H,8,10,12H2. The largest absolute Gasteiger partial charge is 0.472 e. The van der Waals surface area contributed by atoms with Gasteiger partial charge in [0.1, 0.15) is 11.8 Å². The van der Waals surface area contributed by atoms with Crippen LogP contribution in [-0.2, 0) is 6.18 Å². The molecule has 4 rings (SSSR count). The van der Waals surface area contributed by atoms with E-state index in [1.807, 2.05) is 30.3 Å². The van der Waals surface area contributed by atoms with E-state index in [0.29, 0.717) is 18.7 Å². The Hall–Kier alpha value is -3.16. The zero-order valence-electron chi connectivity index (χ0n) is 14.7. The number of rotatable bonds is 3. The molecule has 1 unspecified atom stereocenters. The van der Waals surface area contributed by atoms with Crippen LogP contribution in [0.1, 0.15) is 22.5 Å². The minimum Gasteiger partial charge on any atom is -0.472 e. The van der Waals surface area contributed by atoms with Gasteiger partial charge in [-0.2, -0.15) is 13.2 Å². The lowest BCUT2D eigenvalue weighted by atomic mass is 10.2. The highest BCUT2D eigenvalue weighted by molar-refractivity contribution is 5.95. The van der Waals surface area contributed by atoms with Crippen molar-refractivity contribution < 1.29 is 22.7 Å². The zero-order chi connectivity index (χ0) is 19.7. The van der Waals surface area contributed by atoms with Crippen LogP contribution in [0.25, 0.3) is 10.9 Å². The van der Waals surface area contributed by atoms with Crippen molar-refractivity contribution in [3.63, 3.8) is 0 Å². The molecule has 3 heterocycles. The Morgan fingerprint density at radius 2 is 1.96 bits per heavy atom. The molecule has 144 valence electrons. The number of halogens is 3. The Kier molecular flexibility index (Phi) is 4.62. The fourth-order valence-electron chi connectivity index (χ4n) is 3.18. The highest BCUT2D eigenvalue weighted by atomic mass is 19.4. The molecule has 3 aromatic rings. The maximum absolute atomic E-state index is 12.8. The number of carbonyl (C=O) groups is 1. The topological polar surface area (TPSA) is 55.3 Å². The van der Waals surface area contributed by atoms with E-state index in [1.54, 1.807) is 11.0 Å². The quantitative estimate of drug-likeness (QED) is 0.683. The van der Waals surface area contributed by atoms with Crippen LogP contribution in [0, 0.1) is 0 Å². The third-order valence-corrected chi connectivity index (χ3v) is 4.60. The van der Waals surface area contributed by atoms with Gasteiger partial charge in [-0.15, -0.1) is 0 Å². The number of ether oxygens (including phenoxy) is 1. The molecule has 5 nitrogen and oxygen atoms in total. The number of para-hydroxylation sites is 1. The second-order valence-electron chi connectivity index (χ2n) is 6.55. The van der Waals surface area contributed by atoms with Crippen LogP contribution >= 0.6 is 0 Å². The Balaban J connectivity index is 1.44. The summed E-state index contributed by atoms with van der Waals surface area (Å²) in [5.74, 6) is -0.327. The average Bonchev–Trinajstić information content (AvgIpc) is 3.15. The van der Waals surface area contributed by atoms with Crippen molar-refractivity contribution >= 4 is 16.8 Å². The number of alkyl halides is 3. The van der Waals surface area contributed by atoms with Gasteiger partial charge >= 0.3 is 6.18 Å². The predicted octanol–water partition coefficient (Wildman–Crippen LogP) is 3.94. The summed E-state index contributed by atoms with van der Waals surface area (Å²) in [5, 5.41) is 0.942. The highest BCUT2D eigenvalue weighted by Crippen LogP contribution is 2.31. The number of nitrogens with zero attached hydrogens (tertiary/aromatic N) is 3. The molecule has 8 heteroatoms. The fourth-order valence-corrected chi connectivity index (χ4v) is 3.18. The number of benzene rings is 1. The number of carbonyl (C=O) groups excluding carboxylic acids is 1. The first-order valence-electron chi connectivity index (χ1n) is 8.75. The van der Waals surface area contributed by atoms with Gasteiger partial charge in [0, 0.05) is 30.6 Å². The second kappa shape index (κ2) is 7.10. The molecule has 1 atom stereocenters. The van der Waals surface area contributed by atoms with Crippen LogP contribution in [0.4, 0.5) is 13.2 Å². The molecular weight excluding hydrogens is 371 g/mol. The van der Waals surface area contributed by atoms with Crippen LogP contribution in [-0.4, -0.2) is 40.0 Å². The van der Waals surface area contributed by atoms with Crippen LogP contribution in [0.15, 0.2) is 54.7 Å². The number of hydrogen-bond acceptors (Lipinski definition) is 4. The SMILES string of the molecule is O=C(c1ccc2ccccc2n1)N1CCC(Oc2cc(C(F)(F)F)ccn2)C1. The maximum Gasteiger partial charge on any atom is 0.416 e. The molecule has 0 radical (unpaired) electrons. The molecule has 1 aliphatic rings. The summed E-state index contributed by atoms with van der Waals surface area (Å²) >= 11 is 0. The van der Waals surface area contributed by atoms with Crippen LogP contribution < -0.4 is 4.74 Å². The first-order chi connectivity index (χ1) is 13.4. The molecule has 1 fully saturated rings. The first kappa shape index (κ1) is 18.2. The minimum absolute atomic E-state index is 0.0991. The fraction of sp³-hybridized carbons (Fsp3) is 0.250. The molecule has 1 amide bonds. The lowest BCUT2D eigenvalue weighted by Gasteiger charge is -2.17. The van der Waals surface area contributed by atoms with E-state index in [-0.39, 0.29) is 18.3 Å². The number of aromatic nitrogens is 2. The highest BCUT2D eigenvalue weighted by Gasteiger charge is 2.32. The van der Waals surface area contributed by atoms with Crippen LogP contribution in [0.3, 0.4) is 0 Å².